The van der Waals surface area contributed by atoms with Crippen LogP contribution in [0.1, 0.15) is 0 Å². The number of benzene rings is 1. The van der Waals surface area contributed by atoms with Gasteiger partial charge in [0.25, 0.3) is 0 Å². The van der Waals surface area contributed by atoms with Crippen molar-refractivity contribution >= 4 is 9.84 Å². The molecule has 2 rings (SSSR count). The highest BCUT2D eigenvalue weighted by Gasteiger charge is 2.38. The van der Waals surface area contributed by atoms with Gasteiger partial charge in [-0.25, -0.2) is 17.2 Å². The summed E-state index contributed by atoms with van der Waals surface area (Å²) in [7, 11) is -3.36. The molecule has 0 bridgehead atoms. The van der Waals surface area contributed by atoms with Crippen LogP contribution in [0.15, 0.2) is 18.2 Å². The average Bonchev–Trinajstić information content (AvgIpc) is 2.44. The maximum absolute atomic E-state index is 13.2. The van der Waals surface area contributed by atoms with Crippen molar-refractivity contribution in [1.29, 1.82) is 0 Å². The molecule has 0 spiro atoms. The molecule has 2 atom stereocenters. The molecule has 1 aromatic carbocycles. The minimum Gasteiger partial charge on any atom is -0.484 e. The molecule has 0 aliphatic carbocycles. The number of halogens is 2. The van der Waals surface area contributed by atoms with E-state index in [9.17, 15) is 22.3 Å². The fourth-order valence-electron chi connectivity index (χ4n) is 1.64. The van der Waals surface area contributed by atoms with Crippen LogP contribution in [-0.4, -0.2) is 37.2 Å². The topological polar surface area (TPSA) is 63.6 Å². The summed E-state index contributed by atoms with van der Waals surface area (Å²) in [6, 6.07) is 2.68. The van der Waals surface area contributed by atoms with Crippen molar-refractivity contribution in [2.75, 3.05) is 11.5 Å². The molecule has 1 aliphatic heterocycles. The lowest BCUT2D eigenvalue weighted by Gasteiger charge is -2.15. The van der Waals surface area contributed by atoms with Gasteiger partial charge in [-0.1, -0.05) is 0 Å². The fraction of sp³-hybridized carbons (Fsp3) is 0.400. The predicted molar refractivity (Wildman–Crippen MR) is 55.4 cm³/mol. The number of rotatable bonds is 2. The SMILES string of the molecule is O=S1(=O)CC(O)C(Oc2ccc(F)cc2F)C1. The summed E-state index contributed by atoms with van der Waals surface area (Å²) in [6.07, 6.45) is -2.20. The summed E-state index contributed by atoms with van der Waals surface area (Å²) < 4.78 is 53.3. The molecule has 1 heterocycles. The summed E-state index contributed by atoms with van der Waals surface area (Å²) in [5.41, 5.74) is 0. The molecule has 1 aromatic rings. The number of sulfone groups is 1. The van der Waals surface area contributed by atoms with Crippen LogP contribution >= 0.6 is 0 Å². The van der Waals surface area contributed by atoms with E-state index in [1.807, 2.05) is 0 Å². The van der Waals surface area contributed by atoms with Crippen molar-refractivity contribution in [1.82, 2.24) is 0 Å². The number of ether oxygens (including phenoxy) is 1. The highest BCUT2D eigenvalue weighted by molar-refractivity contribution is 7.91. The van der Waals surface area contributed by atoms with E-state index in [0.29, 0.717) is 6.07 Å². The largest absolute Gasteiger partial charge is 0.484 e. The molecule has 4 nitrogen and oxygen atoms in total. The van der Waals surface area contributed by atoms with E-state index < -0.39 is 39.4 Å². The van der Waals surface area contributed by atoms with Crippen molar-refractivity contribution in [3.8, 4) is 5.75 Å². The summed E-state index contributed by atoms with van der Waals surface area (Å²) in [4.78, 5) is 0. The first-order valence-electron chi connectivity index (χ1n) is 4.87. The Kier molecular flexibility index (Phi) is 3.05. The van der Waals surface area contributed by atoms with E-state index in [1.165, 1.54) is 0 Å². The van der Waals surface area contributed by atoms with Crippen LogP contribution in [0.25, 0.3) is 0 Å². The van der Waals surface area contributed by atoms with Gasteiger partial charge in [-0.2, -0.15) is 0 Å². The number of aliphatic hydroxyl groups is 1. The van der Waals surface area contributed by atoms with Gasteiger partial charge in [0, 0.05) is 6.07 Å². The number of aliphatic hydroxyl groups excluding tert-OH is 1. The van der Waals surface area contributed by atoms with E-state index >= 15 is 0 Å². The van der Waals surface area contributed by atoms with Gasteiger partial charge in [-0.05, 0) is 12.1 Å². The molecular formula is C10H10F2O4S. The van der Waals surface area contributed by atoms with Gasteiger partial charge in [-0.15, -0.1) is 0 Å². The van der Waals surface area contributed by atoms with Crippen molar-refractivity contribution in [2.24, 2.45) is 0 Å². The zero-order valence-corrected chi connectivity index (χ0v) is 9.45. The molecule has 1 aliphatic rings. The van der Waals surface area contributed by atoms with Gasteiger partial charge < -0.3 is 9.84 Å². The minimum absolute atomic E-state index is 0.271. The monoisotopic (exact) mass is 264 g/mol. The second-order valence-corrected chi connectivity index (χ2v) is 6.03. The molecule has 17 heavy (non-hydrogen) atoms. The van der Waals surface area contributed by atoms with Gasteiger partial charge >= 0.3 is 0 Å². The Morgan fingerprint density at radius 2 is 2.00 bits per heavy atom. The third kappa shape index (κ3) is 2.73. The predicted octanol–water partition coefficient (Wildman–Crippen LogP) is 0.501. The highest BCUT2D eigenvalue weighted by Crippen LogP contribution is 2.23. The standard InChI is InChI=1S/C10H10F2O4S/c11-6-1-2-9(7(12)3-6)16-10-5-17(14,15)4-8(10)13/h1-3,8,10,13H,4-5H2. The Morgan fingerprint density at radius 3 is 2.53 bits per heavy atom. The van der Waals surface area contributed by atoms with Crippen molar-refractivity contribution in [2.45, 2.75) is 12.2 Å². The molecule has 94 valence electrons. The minimum atomic E-state index is -3.36. The average molecular weight is 264 g/mol. The van der Waals surface area contributed by atoms with Crippen molar-refractivity contribution in [3.05, 3.63) is 29.8 Å². The third-order valence-electron chi connectivity index (χ3n) is 2.44. The Bertz CT molecular complexity index is 529. The van der Waals surface area contributed by atoms with Gasteiger partial charge in [0.05, 0.1) is 11.5 Å². The van der Waals surface area contributed by atoms with Crippen LogP contribution in [0.4, 0.5) is 8.78 Å². The molecule has 0 radical (unpaired) electrons. The second-order valence-electron chi connectivity index (χ2n) is 3.88. The summed E-state index contributed by atoms with van der Waals surface area (Å²) in [5, 5.41) is 9.43. The molecule has 2 unspecified atom stereocenters. The van der Waals surface area contributed by atoms with E-state index in [0.717, 1.165) is 12.1 Å². The normalized spacial score (nSPS) is 27.0. The van der Waals surface area contributed by atoms with Crippen molar-refractivity contribution < 1.29 is 27.0 Å². The number of hydrogen-bond donors (Lipinski definition) is 1. The quantitative estimate of drug-likeness (QED) is 0.845. The maximum Gasteiger partial charge on any atom is 0.167 e. The van der Waals surface area contributed by atoms with Crippen LogP contribution in [0.5, 0.6) is 5.75 Å². The first kappa shape index (κ1) is 12.3. The maximum atomic E-state index is 13.2. The van der Waals surface area contributed by atoms with E-state index in [4.69, 9.17) is 4.74 Å². The van der Waals surface area contributed by atoms with Crippen LogP contribution in [0.2, 0.25) is 0 Å². The van der Waals surface area contributed by atoms with Crippen molar-refractivity contribution in [3.63, 3.8) is 0 Å². The molecule has 1 N–H and O–H groups in total. The van der Waals surface area contributed by atoms with Gasteiger partial charge in [0.1, 0.15) is 18.0 Å². The lowest BCUT2D eigenvalue weighted by molar-refractivity contribution is 0.0710. The van der Waals surface area contributed by atoms with Gasteiger partial charge in [0.15, 0.2) is 21.4 Å². The molecule has 0 saturated carbocycles. The Morgan fingerprint density at radius 1 is 1.29 bits per heavy atom. The summed E-state index contributed by atoms with van der Waals surface area (Å²) >= 11 is 0. The van der Waals surface area contributed by atoms with E-state index in [2.05, 4.69) is 0 Å². The molecule has 1 fully saturated rings. The molecule has 7 heteroatoms. The van der Waals surface area contributed by atoms with E-state index in [1.54, 1.807) is 0 Å². The van der Waals surface area contributed by atoms with Crippen LogP contribution in [0.3, 0.4) is 0 Å². The third-order valence-corrected chi connectivity index (χ3v) is 4.13. The van der Waals surface area contributed by atoms with Gasteiger partial charge in [-0.3, -0.25) is 0 Å². The Hall–Kier alpha value is -1.21. The van der Waals surface area contributed by atoms with E-state index in [-0.39, 0.29) is 11.5 Å². The first-order valence-corrected chi connectivity index (χ1v) is 6.70. The molecule has 0 amide bonds. The Labute approximate surface area is 96.7 Å². The zero-order chi connectivity index (χ0) is 12.6. The van der Waals surface area contributed by atoms with Crippen LogP contribution in [-0.2, 0) is 9.84 Å². The smallest absolute Gasteiger partial charge is 0.167 e. The zero-order valence-electron chi connectivity index (χ0n) is 8.64. The van der Waals surface area contributed by atoms with Crippen LogP contribution < -0.4 is 4.74 Å². The molecule has 0 aromatic heterocycles. The summed E-state index contributed by atoms with van der Waals surface area (Å²) in [5.74, 6) is -2.73. The lowest BCUT2D eigenvalue weighted by atomic mass is 10.2. The number of hydrogen-bond acceptors (Lipinski definition) is 4. The lowest BCUT2D eigenvalue weighted by Crippen LogP contribution is -2.30. The Balaban J connectivity index is 2.17. The fourth-order valence-corrected chi connectivity index (χ4v) is 3.31. The highest BCUT2D eigenvalue weighted by atomic mass is 32.2. The summed E-state index contributed by atoms with van der Waals surface area (Å²) in [6.45, 7) is 0. The van der Waals surface area contributed by atoms with Gasteiger partial charge in [0.2, 0.25) is 0 Å². The van der Waals surface area contributed by atoms with Crippen LogP contribution in [0, 0.1) is 11.6 Å². The molecular weight excluding hydrogens is 254 g/mol. The first-order chi connectivity index (χ1) is 7.87. The second kappa shape index (κ2) is 4.23. The molecule has 1 saturated heterocycles.